The van der Waals surface area contributed by atoms with E-state index in [9.17, 15) is 4.79 Å². The summed E-state index contributed by atoms with van der Waals surface area (Å²) < 4.78 is 17.1. The summed E-state index contributed by atoms with van der Waals surface area (Å²) in [5.74, 6) is 2.52. The lowest BCUT2D eigenvalue weighted by Crippen LogP contribution is -2.58. The van der Waals surface area contributed by atoms with Crippen LogP contribution in [0.2, 0.25) is 0 Å². The zero-order chi connectivity index (χ0) is 20.8. The van der Waals surface area contributed by atoms with Crippen molar-refractivity contribution >= 4 is 11.9 Å². The lowest BCUT2D eigenvalue weighted by Gasteiger charge is -2.43. The molecule has 0 bridgehead atoms. The molecule has 160 valence electrons. The number of hydrogen-bond donors (Lipinski definition) is 0. The van der Waals surface area contributed by atoms with Gasteiger partial charge in [-0.15, -0.1) is 0 Å². The minimum absolute atomic E-state index is 0.170. The van der Waals surface area contributed by atoms with Gasteiger partial charge >= 0.3 is 6.09 Å². The van der Waals surface area contributed by atoms with Gasteiger partial charge in [0.05, 0.1) is 19.8 Å². The third-order valence-corrected chi connectivity index (χ3v) is 5.76. The van der Waals surface area contributed by atoms with Crippen LogP contribution in [0.5, 0.6) is 5.75 Å². The highest BCUT2D eigenvalue weighted by Gasteiger charge is 2.42. The molecule has 29 heavy (non-hydrogen) atoms. The molecule has 1 aromatic heterocycles. The Morgan fingerprint density at radius 3 is 2.69 bits per heavy atom. The fraction of sp³-hybridized carbons (Fsp3) is 0.727. The highest BCUT2D eigenvalue weighted by Crippen LogP contribution is 2.38. The number of aromatic nitrogens is 1. The fourth-order valence-electron chi connectivity index (χ4n) is 4.28. The van der Waals surface area contributed by atoms with E-state index in [0.717, 1.165) is 36.2 Å². The van der Waals surface area contributed by atoms with E-state index in [1.807, 2.05) is 25.7 Å². The molecule has 0 aromatic carbocycles. The predicted octanol–water partition coefficient (Wildman–Crippen LogP) is 3.39. The maximum Gasteiger partial charge on any atom is 0.410 e. The van der Waals surface area contributed by atoms with Crippen LogP contribution < -0.4 is 9.64 Å². The largest absolute Gasteiger partial charge is 0.495 e. The molecule has 1 saturated carbocycles. The summed E-state index contributed by atoms with van der Waals surface area (Å²) in [7, 11) is 1.68. The molecule has 2 aliphatic heterocycles. The van der Waals surface area contributed by atoms with Crippen molar-refractivity contribution in [3.63, 3.8) is 0 Å². The number of hydrogen-bond acceptors (Lipinski definition) is 6. The zero-order valence-corrected chi connectivity index (χ0v) is 18.2. The number of carbonyl (C=O) groups is 1. The zero-order valence-electron chi connectivity index (χ0n) is 18.2. The van der Waals surface area contributed by atoms with Crippen molar-refractivity contribution in [2.75, 3.05) is 31.7 Å². The third-order valence-electron chi connectivity index (χ3n) is 5.76. The third kappa shape index (κ3) is 4.44. The van der Waals surface area contributed by atoms with Gasteiger partial charge in [0.25, 0.3) is 0 Å². The van der Waals surface area contributed by atoms with Crippen LogP contribution in [0.3, 0.4) is 0 Å². The highest BCUT2D eigenvalue weighted by atomic mass is 16.6. The number of amides is 1. The molecule has 0 N–H and O–H groups in total. The topological polar surface area (TPSA) is 64.1 Å². The maximum atomic E-state index is 12.6. The Kier molecular flexibility index (Phi) is 5.36. The second-order valence-corrected chi connectivity index (χ2v) is 9.58. The van der Waals surface area contributed by atoms with E-state index < -0.39 is 5.60 Å². The molecule has 1 amide bonds. The van der Waals surface area contributed by atoms with Crippen LogP contribution in [0.4, 0.5) is 10.6 Å². The molecule has 0 radical (unpaired) electrons. The lowest BCUT2D eigenvalue weighted by atomic mass is 10.1. The second-order valence-electron chi connectivity index (χ2n) is 9.58. The molecule has 1 aliphatic carbocycles. The Morgan fingerprint density at radius 2 is 2.03 bits per heavy atom. The number of methoxy groups -OCH3 is 1. The van der Waals surface area contributed by atoms with E-state index in [1.165, 1.54) is 18.4 Å². The average molecular weight is 404 g/mol. The van der Waals surface area contributed by atoms with Gasteiger partial charge in [0.2, 0.25) is 0 Å². The molecule has 1 aromatic rings. The van der Waals surface area contributed by atoms with Gasteiger partial charge in [0.15, 0.2) is 0 Å². The van der Waals surface area contributed by atoms with Crippen LogP contribution in [-0.2, 0) is 22.5 Å². The number of rotatable bonds is 5. The Morgan fingerprint density at radius 1 is 1.28 bits per heavy atom. The van der Waals surface area contributed by atoms with Crippen LogP contribution in [0.15, 0.2) is 6.07 Å². The lowest BCUT2D eigenvalue weighted by molar-refractivity contribution is 0.0191. The van der Waals surface area contributed by atoms with Crippen LogP contribution in [-0.4, -0.2) is 60.5 Å². The summed E-state index contributed by atoms with van der Waals surface area (Å²) in [6, 6.07) is 2.48. The molecule has 2 atom stereocenters. The van der Waals surface area contributed by atoms with Gasteiger partial charge in [0.1, 0.15) is 22.9 Å². The molecule has 3 heterocycles. The first-order valence-corrected chi connectivity index (χ1v) is 10.7. The number of carbonyl (C=O) groups excluding carboxylic acids is 1. The highest BCUT2D eigenvalue weighted by molar-refractivity contribution is 5.70. The summed E-state index contributed by atoms with van der Waals surface area (Å²) >= 11 is 0. The minimum atomic E-state index is -0.486. The molecule has 0 unspecified atom stereocenters. The number of ether oxygens (including phenoxy) is 3. The average Bonchev–Trinajstić information content (AvgIpc) is 3.38. The number of nitrogens with zero attached hydrogens (tertiary/aromatic N) is 3. The monoisotopic (exact) mass is 403 g/mol. The number of piperazine rings is 1. The Hall–Kier alpha value is -2.02. The molecule has 3 aliphatic rings. The van der Waals surface area contributed by atoms with Crippen LogP contribution in [0.1, 0.15) is 51.8 Å². The SMILES string of the molecule is COc1cc2c(nc1COCC1CC1)N1[C@H](C2)CN(C(=O)OC(C)(C)C)C[C@H]1C. The van der Waals surface area contributed by atoms with Crippen LogP contribution >= 0.6 is 0 Å². The van der Waals surface area contributed by atoms with Crippen molar-refractivity contribution in [1.82, 2.24) is 9.88 Å². The van der Waals surface area contributed by atoms with Gasteiger partial charge in [-0.25, -0.2) is 9.78 Å². The van der Waals surface area contributed by atoms with Crippen LogP contribution in [0, 0.1) is 5.92 Å². The molecular formula is C22H33N3O4. The van der Waals surface area contributed by atoms with Gasteiger partial charge in [-0.05, 0) is 58.9 Å². The van der Waals surface area contributed by atoms with Gasteiger partial charge in [-0.2, -0.15) is 0 Å². The first-order chi connectivity index (χ1) is 13.7. The van der Waals surface area contributed by atoms with Crippen molar-refractivity contribution in [2.45, 2.75) is 71.2 Å². The van der Waals surface area contributed by atoms with Gasteiger partial charge in [-0.3, -0.25) is 0 Å². The fourth-order valence-corrected chi connectivity index (χ4v) is 4.28. The van der Waals surface area contributed by atoms with Crippen LogP contribution in [0.25, 0.3) is 0 Å². The minimum Gasteiger partial charge on any atom is -0.495 e. The maximum absolute atomic E-state index is 12.6. The Labute approximate surface area is 173 Å². The molecule has 7 heteroatoms. The molecule has 2 fully saturated rings. The first-order valence-electron chi connectivity index (χ1n) is 10.7. The van der Waals surface area contributed by atoms with E-state index in [4.69, 9.17) is 19.2 Å². The van der Waals surface area contributed by atoms with Crippen molar-refractivity contribution < 1.29 is 19.0 Å². The first kappa shape index (κ1) is 20.3. The standard InChI is InChI=1S/C22H33N3O4/c1-14-10-24(21(26)29-22(2,3)4)11-17-8-16-9-19(27-5)18(23-20(16)25(14)17)13-28-12-15-6-7-15/h9,14-15,17H,6-8,10-13H2,1-5H3/t14-,17-/m1/s1. The van der Waals surface area contributed by atoms with E-state index in [0.29, 0.717) is 19.7 Å². The van der Waals surface area contributed by atoms with Gasteiger partial charge in [0, 0.05) is 31.3 Å². The van der Waals surface area contributed by atoms with Crippen molar-refractivity contribution in [3.05, 3.63) is 17.3 Å². The Balaban J connectivity index is 1.49. The van der Waals surface area contributed by atoms with E-state index in [-0.39, 0.29) is 18.2 Å². The number of anilines is 1. The Bertz CT molecular complexity index is 772. The van der Waals surface area contributed by atoms with Gasteiger partial charge < -0.3 is 24.0 Å². The summed E-state index contributed by atoms with van der Waals surface area (Å²) in [4.78, 5) is 21.7. The van der Waals surface area contributed by atoms with Crippen molar-refractivity contribution in [2.24, 2.45) is 5.92 Å². The normalized spacial score (nSPS) is 23.6. The second kappa shape index (κ2) is 7.67. The van der Waals surface area contributed by atoms with E-state index in [1.54, 1.807) is 7.11 Å². The van der Waals surface area contributed by atoms with E-state index >= 15 is 0 Å². The van der Waals surface area contributed by atoms with Crippen molar-refractivity contribution in [1.29, 1.82) is 0 Å². The van der Waals surface area contributed by atoms with E-state index in [2.05, 4.69) is 17.9 Å². The number of fused-ring (bicyclic) bond motifs is 3. The van der Waals surface area contributed by atoms with Gasteiger partial charge in [-0.1, -0.05) is 0 Å². The predicted molar refractivity (Wildman–Crippen MR) is 110 cm³/mol. The molecule has 7 nitrogen and oxygen atoms in total. The summed E-state index contributed by atoms with van der Waals surface area (Å²) in [6.45, 7) is 10.4. The molecule has 4 rings (SSSR count). The summed E-state index contributed by atoms with van der Waals surface area (Å²) in [5, 5.41) is 0. The van der Waals surface area contributed by atoms with Crippen molar-refractivity contribution in [3.8, 4) is 5.75 Å². The molecule has 1 saturated heterocycles. The molecular weight excluding hydrogens is 370 g/mol. The smallest absolute Gasteiger partial charge is 0.410 e. The summed E-state index contributed by atoms with van der Waals surface area (Å²) in [6.07, 6.45) is 3.16. The number of pyridine rings is 1. The molecule has 0 spiro atoms. The quantitative estimate of drug-likeness (QED) is 0.751. The summed E-state index contributed by atoms with van der Waals surface area (Å²) in [5.41, 5.74) is 1.55.